The van der Waals surface area contributed by atoms with E-state index in [0.717, 1.165) is 19.3 Å². The van der Waals surface area contributed by atoms with Gasteiger partial charge in [-0.3, -0.25) is 0 Å². The molecule has 0 heterocycles. The van der Waals surface area contributed by atoms with Crippen molar-refractivity contribution in [1.29, 1.82) is 0 Å². The van der Waals surface area contributed by atoms with Crippen LogP contribution in [-0.4, -0.2) is 18.3 Å². The summed E-state index contributed by atoms with van der Waals surface area (Å²) < 4.78 is 18.9. The van der Waals surface area contributed by atoms with E-state index in [1.807, 2.05) is 0 Å². The van der Waals surface area contributed by atoms with E-state index in [1.54, 1.807) is 12.1 Å². The van der Waals surface area contributed by atoms with Gasteiger partial charge in [-0.05, 0) is 30.9 Å². The molecular formula is C13H18FNO2. The lowest BCUT2D eigenvalue weighted by molar-refractivity contribution is 0.0398. The molecule has 0 amide bonds. The molecule has 0 spiro atoms. The van der Waals surface area contributed by atoms with Crippen molar-refractivity contribution in [2.24, 2.45) is 11.7 Å². The van der Waals surface area contributed by atoms with Crippen molar-refractivity contribution < 1.29 is 14.2 Å². The lowest BCUT2D eigenvalue weighted by Crippen LogP contribution is -2.37. The second-order valence-electron chi connectivity index (χ2n) is 4.56. The number of ether oxygens (including phenoxy) is 1. The fourth-order valence-electron chi connectivity index (χ4n) is 2.26. The zero-order valence-electron chi connectivity index (χ0n) is 9.90. The maximum Gasteiger partial charge on any atom is 0.131 e. The average molecular weight is 239 g/mol. The van der Waals surface area contributed by atoms with Gasteiger partial charge in [0.2, 0.25) is 0 Å². The van der Waals surface area contributed by atoms with Gasteiger partial charge < -0.3 is 15.6 Å². The van der Waals surface area contributed by atoms with Crippen molar-refractivity contribution in [1.82, 2.24) is 0 Å². The largest absolute Gasteiger partial charge is 0.496 e. The van der Waals surface area contributed by atoms with Crippen LogP contribution in [0.15, 0.2) is 18.2 Å². The first-order valence-electron chi connectivity index (χ1n) is 5.91. The van der Waals surface area contributed by atoms with Crippen LogP contribution in [0.2, 0.25) is 0 Å². The molecule has 1 aliphatic rings. The van der Waals surface area contributed by atoms with Crippen LogP contribution >= 0.6 is 0 Å². The molecule has 0 bridgehead atoms. The van der Waals surface area contributed by atoms with Crippen LogP contribution in [0.25, 0.3) is 0 Å². The summed E-state index contributed by atoms with van der Waals surface area (Å²) >= 11 is 0. The Kier molecular flexibility index (Phi) is 3.64. The van der Waals surface area contributed by atoms with Crippen molar-refractivity contribution in [2.45, 2.75) is 31.4 Å². The fourth-order valence-corrected chi connectivity index (χ4v) is 2.26. The minimum atomic E-state index is -0.726. The summed E-state index contributed by atoms with van der Waals surface area (Å²) in [6.07, 6.45) is 2.34. The van der Waals surface area contributed by atoms with Crippen LogP contribution in [0.1, 0.15) is 30.9 Å². The van der Waals surface area contributed by atoms with E-state index < -0.39 is 18.0 Å². The van der Waals surface area contributed by atoms with E-state index in [0.29, 0.717) is 5.75 Å². The molecule has 1 aromatic carbocycles. The van der Waals surface area contributed by atoms with E-state index in [1.165, 1.54) is 13.2 Å². The molecule has 0 radical (unpaired) electrons. The Hall–Kier alpha value is -1.13. The Morgan fingerprint density at radius 2 is 2.18 bits per heavy atom. The molecule has 0 aromatic heterocycles. The number of rotatable bonds is 4. The predicted molar refractivity (Wildman–Crippen MR) is 63.2 cm³/mol. The van der Waals surface area contributed by atoms with E-state index in [4.69, 9.17) is 10.5 Å². The minimum absolute atomic E-state index is 0.189. The number of aliphatic hydroxyl groups is 1. The quantitative estimate of drug-likeness (QED) is 0.845. The minimum Gasteiger partial charge on any atom is -0.496 e. The number of aliphatic hydroxyl groups excluding tert-OH is 1. The van der Waals surface area contributed by atoms with Crippen molar-refractivity contribution in [2.75, 3.05) is 7.11 Å². The SMILES string of the molecule is COc1cccc(F)c1[C@@H](N)[C@@H](O)C1CCC1. The number of hydrogen-bond acceptors (Lipinski definition) is 3. The molecule has 2 rings (SSSR count). The molecule has 3 nitrogen and oxygen atoms in total. The van der Waals surface area contributed by atoms with Crippen LogP contribution in [-0.2, 0) is 0 Å². The Morgan fingerprint density at radius 1 is 1.47 bits per heavy atom. The van der Waals surface area contributed by atoms with E-state index in [-0.39, 0.29) is 11.5 Å². The lowest BCUT2D eigenvalue weighted by Gasteiger charge is -2.34. The topological polar surface area (TPSA) is 55.5 Å². The molecule has 2 atom stereocenters. The summed E-state index contributed by atoms with van der Waals surface area (Å²) in [5.41, 5.74) is 6.23. The van der Waals surface area contributed by atoms with Gasteiger partial charge in [-0.2, -0.15) is 0 Å². The summed E-state index contributed by atoms with van der Waals surface area (Å²) in [5.74, 6) is 0.167. The average Bonchev–Trinajstić information content (AvgIpc) is 2.25. The first kappa shape index (κ1) is 12.3. The Morgan fingerprint density at radius 3 is 2.71 bits per heavy atom. The molecular weight excluding hydrogens is 221 g/mol. The molecule has 3 N–H and O–H groups in total. The van der Waals surface area contributed by atoms with Gasteiger partial charge in [0.15, 0.2) is 0 Å². The summed E-state index contributed by atoms with van der Waals surface area (Å²) in [7, 11) is 1.47. The standard InChI is InChI=1S/C13H18FNO2/c1-17-10-7-3-6-9(14)11(10)12(15)13(16)8-4-2-5-8/h3,6-8,12-13,16H,2,4-5,15H2,1H3/t12-,13+/m1/s1. The highest BCUT2D eigenvalue weighted by Crippen LogP contribution is 2.37. The molecule has 0 aliphatic heterocycles. The second-order valence-corrected chi connectivity index (χ2v) is 4.56. The zero-order chi connectivity index (χ0) is 12.4. The monoisotopic (exact) mass is 239 g/mol. The van der Waals surface area contributed by atoms with E-state index >= 15 is 0 Å². The smallest absolute Gasteiger partial charge is 0.131 e. The Bertz CT molecular complexity index is 393. The molecule has 0 unspecified atom stereocenters. The van der Waals surface area contributed by atoms with E-state index in [2.05, 4.69) is 0 Å². The third-order valence-corrected chi connectivity index (χ3v) is 3.57. The lowest BCUT2D eigenvalue weighted by atomic mass is 9.77. The maximum atomic E-state index is 13.8. The first-order chi connectivity index (χ1) is 8.15. The summed E-state index contributed by atoms with van der Waals surface area (Å²) in [6, 6.07) is 3.84. The van der Waals surface area contributed by atoms with Gasteiger partial charge in [0.25, 0.3) is 0 Å². The number of benzene rings is 1. The summed E-state index contributed by atoms with van der Waals surface area (Å²) in [4.78, 5) is 0. The fraction of sp³-hybridized carbons (Fsp3) is 0.538. The number of methoxy groups -OCH3 is 1. The van der Waals surface area contributed by atoms with Crippen molar-refractivity contribution >= 4 is 0 Å². The van der Waals surface area contributed by atoms with Crippen molar-refractivity contribution in [3.8, 4) is 5.75 Å². The second kappa shape index (κ2) is 5.02. The Balaban J connectivity index is 2.25. The molecule has 1 aromatic rings. The number of hydrogen-bond donors (Lipinski definition) is 2. The van der Waals surface area contributed by atoms with Gasteiger partial charge in [-0.1, -0.05) is 12.5 Å². The molecule has 1 fully saturated rings. The third kappa shape index (κ3) is 2.28. The van der Waals surface area contributed by atoms with Gasteiger partial charge in [0.1, 0.15) is 11.6 Å². The highest BCUT2D eigenvalue weighted by molar-refractivity contribution is 5.37. The van der Waals surface area contributed by atoms with Gasteiger partial charge in [0, 0.05) is 5.56 Å². The van der Waals surface area contributed by atoms with Gasteiger partial charge in [0.05, 0.1) is 19.3 Å². The van der Waals surface area contributed by atoms with Gasteiger partial charge >= 0.3 is 0 Å². The molecule has 4 heteroatoms. The van der Waals surface area contributed by atoms with Crippen LogP contribution in [0.3, 0.4) is 0 Å². The molecule has 94 valence electrons. The predicted octanol–water partition coefficient (Wildman–Crippen LogP) is 2.00. The number of halogens is 1. The van der Waals surface area contributed by atoms with Crippen molar-refractivity contribution in [3.63, 3.8) is 0 Å². The van der Waals surface area contributed by atoms with Crippen LogP contribution in [0.5, 0.6) is 5.75 Å². The van der Waals surface area contributed by atoms with Gasteiger partial charge in [-0.15, -0.1) is 0 Å². The highest BCUT2D eigenvalue weighted by atomic mass is 19.1. The van der Waals surface area contributed by atoms with Crippen LogP contribution < -0.4 is 10.5 Å². The van der Waals surface area contributed by atoms with E-state index in [9.17, 15) is 9.50 Å². The van der Waals surface area contributed by atoms with Gasteiger partial charge in [-0.25, -0.2) is 4.39 Å². The zero-order valence-corrected chi connectivity index (χ0v) is 9.90. The Labute approximate surface area is 100 Å². The summed E-state index contributed by atoms with van der Waals surface area (Å²) in [5, 5.41) is 10.1. The summed E-state index contributed by atoms with van der Waals surface area (Å²) in [6.45, 7) is 0. The third-order valence-electron chi connectivity index (χ3n) is 3.57. The maximum absolute atomic E-state index is 13.8. The molecule has 0 saturated heterocycles. The highest BCUT2D eigenvalue weighted by Gasteiger charge is 2.33. The number of nitrogens with two attached hydrogens (primary N) is 1. The molecule has 1 aliphatic carbocycles. The normalized spacial score (nSPS) is 19.5. The van der Waals surface area contributed by atoms with Crippen LogP contribution in [0, 0.1) is 11.7 Å². The van der Waals surface area contributed by atoms with Crippen molar-refractivity contribution in [3.05, 3.63) is 29.6 Å². The molecule has 17 heavy (non-hydrogen) atoms. The molecule has 1 saturated carbocycles. The first-order valence-corrected chi connectivity index (χ1v) is 5.91. The van der Waals surface area contributed by atoms with Crippen LogP contribution in [0.4, 0.5) is 4.39 Å².